The van der Waals surface area contributed by atoms with Crippen LogP contribution in [0.5, 0.6) is 0 Å². The van der Waals surface area contributed by atoms with Crippen molar-refractivity contribution in [2.24, 2.45) is 0 Å². The van der Waals surface area contributed by atoms with Crippen molar-refractivity contribution in [1.82, 2.24) is 4.98 Å². The molecule has 1 unspecified atom stereocenters. The Morgan fingerprint density at radius 2 is 2.38 bits per heavy atom. The van der Waals surface area contributed by atoms with Crippen LogP contribution in [0.25, 0.3) is 0 Å². The van der Waals surface area contributed by atoms with Gasteiger partial charge in [-0.1, -0.05) is 6.07 Å². The van der Waals surface area contributed by atoms with E-state index in [-0.39, 0.29) is 0 Å². The fraction of sp³-hybridized carbons (Fsp3) is 0.500. The van der Waals surface area contributed by atoms with Crippen LogP contribution in [0, 0.1) is 6.92 Å². The van der Waals surface area contributed by atoms with Gasteiger partial charge in [-0.05, 0) is 24.7 Å². The lowest BCUT2D eigenvalue weighted by molar-refractivity contribution is 0.0653. The van der Waals surface area contributed by atoms with E-state index >= 15 is 0 Å². The van der Waals surface area contributed by atoms with Crippen molar-refractivity contribution in [3.05, 3.63) is 29.6 Å². The molecule has 1 atom stereocenters. The van der Waals surface area contributed by atoms with Crippen molar-refractivity contribution in [3.63, 3.8) is 0 Å². The van der Waals surface area contributed by atoms with Crippen LogP contribution in [0.2, 0.25) is 0 Å². The van der Waals surface area contributed by atoms with Crippen LogP contribution in [0.15, 0.2) is 18.5 Å². The summed E-state index contributed by atoms with van der Waals surface area (Å²) in [5.41, 5.74) is 1.46. The largest absolute Gasteiger partial charge is 0.384 e. The molecule has 1 aromatic heterocycles. The van der Waals surface area contributed by atoms with Gasteiger partial charge in [0, 0.05) is 23.7 Å². The van der Waals surface area contributed by atoms with E-state index in [1.807, 2.05) is 19.2 Å². The zero-order valence-electron chi connectivity index (χ0n) is 7.66. The molecule has 13 heavy (non-hydrogen) atoms. The molecule has 1 fully saturated rings. The first-order chi connectivity index (χ1) is 6.21. The predicted molar refractivity (Wildman–Crippen MR) is 54.8 cm³/mol. The zero-order valence-corrected chi connectivity index (χ0v) is 8.47. The van der Waals surface area contributed by atoms with E-state index in [1.165, 1.54) is 0 Å². The molecule has 1 aliphatic heterocycles. The molecule has 1 aromatic rings. The number of rotatable bonds is 1. The van der Waals surface area contributed by atoms with Gasteiger partial charge < -0.3 is 5.11 Å². The second kappa shape index (κ2) is 3.31. The zero-order chi connectivity index (χ0) is 9.31. The minimum atomic E-state index is -0.621. The van der Waals surface area contributed by atoms with Gasteiger partial charge in [-0.3, -0.25) is 4.98 Å². The van der Waals surface area contributed by atoms with E-state index in [4.69, 9.17) is 0 Å². The molecule has 70 valence electrons. The Balaban J connectivity index is 2.33. The van der Waals surface area contributed by atoms with E-state index < -0.39 is 5.60 Å². The van der Waals surface area contributed by atoms with E-state index in [1.54, 1.807) is 18.0 Å². The van der Waals surface area contributed by atoms with Crippen molar-refractivity contribution < 1.29 is 5.11 Å². The summed E-state index contributed by atoms with van der Waals surface area (Å²) in [5.74, 6) is 1.85. The molecule has 2 rings (SSSR count). The first kappa shape index (κ1) is 9.03. The summed E-state index contributed by atoms with van der Waals surface area (Å²) in [7, 11) is 0. The number of hydrogen-bond donors (Lipinski definition) is 1. The van der Waals surface area contributed by atoms with Crippen LogP contribution < -0.4 is 0 Å². The Kier molecular flexibility index (Phi) is 2.30. The van der Waals surface area contributed by atoms with Gasteiger partial charge in [0.05, 0.1) is 0 Å². The van der Waals surface area contributed by atoms with Gasteiger partial charge in [-0.25, -0.2) is 0 Å². The predicted octanol–water partition coefficient (Wildman–Crippen LogP) is 1.71. The third-order valence-corrected chi connectivity index (χ3v) is 3.59. The standard InChI is InChI=1S/C10H13NOS/c1-8-4-9(6-11-5-8)10(12)2-3-13-7-10/h4-6,12H,2-3,7H2,1H3. The Labute approximate surface area is 82.4 Å². The van der Waals surface area contributed by atoms with Crippen LogP contribution in [0.1, 0.15) is 17.5 Å². The lowest BCUT2D eigenvalue weighted by Gasteiger charge is -2.21. The Morgan fingerprint density at radius 3 is 3.00 bits per heavy atom. The summed E-state index contributed by atoms with van der Waals surface area (Å²) >= 11 is 1.80. The molecule has 1 N–H and O–H groups in total. The molecule has 2 heterocycles. The van der Waals surface area contributed by atoms with Crippen molar-refractivity contribution in [2.45, 2.75) is 18.9 Å². The summed E-state index contributed by atoms with van der Waals surface area (Å²) in [5, 5.41) is 10.2. The van der Waals surface area contributed by atoms with Crippen LogP contribution >= 0.6 is 11.8 Å². The minimum Gasteiger partial charge on any atom is -0.384 e. The summed E-state index contributed by atoms with van der Waals surface area (Å²) in [4.78, 5) is 4.10. The van der Waals surface area contributed by atoms with E-state index in [0.29, 0.717) is 0 Å². The van der Waals surface area contributed by atoms with Crippen molar-refractivity contribution in [3.8, 4) is 0 Å². The molecule has 0 bridgehead atoms. The summed E-state index contributed by atoms with van der Waals surface area (Å²) in [6, 6.07) is 2.03. The topological polar surface area (TPSA) is 33.1 Å². The van der Waals surface area contributed by atoms with Crippen molar-refractivity contribution in [2.75, 3.05) is 11.5 Å². The molecular weight excluding hydrogens is 182 g/mol. The third kappa shape index (κ3) is 1.71. The highest BCUT2D eigenvalue weighted by Gasteiger charge is 2.33. The molecule has 1 saturated heterocycles. The number of nitrogens with zero attached hydrogens (tertiary/aromatic N) is 1. The minimum absolute atomic E-state index is 0.621. The number of thioether (sulfide) groups is 1. The third-order valence-electron chi connectivity index (χ3n) is 2.41. The number of hydrogen-bond acceptors (Lipinski definition) is 3. The molecule has 0 spiro atoms. The van der Waals surface area contributed by atoms with Gasteiger partial charge in [-0.15, -0.1) is 0 Å². The number of aryl methyl sites for hydroxylation is 1. The fourth-order valence-corrected chi connectivity index (χ4v) is 2.87. The second-order valence-corrected chi connectivity index (χ2v) is 4.69. The number of aliphatic hydroxyl groups is 1. The molecule has 0 saturated carbocycles. The lowest BCUT2D eigenvalue weighted by Crippen LogP contribution is -2.24. The fourth-order valence-electron chi connectivity index (χ4n) is 1.59. The summed E-state index contributed by atoms with van der Waals surface area (Å²) in [6.45, 7) is 2.00. The first-order valence-corrected chi connectivity index (χ1v) is 5.58. The van der Waals surface area contributed by atoms with Crippen LogP contribution in [0.4, 0.5) is 0 Å². The Bertz CT molecular complexity index is 308. The van der Waals surface area contributed by atoms with Gasteiger partial charge in [0.15, 0.2) is 0 Å². The van der Waals surface area contributed by atoms with Gasteiger partial charge in [-0.2, -0.15) is 11.8 Å². The quantitative estimate of drug-likeness (QED) is 0.740. The first-order valence-electron chi connectivity index (χ1n) is 4.43. The van der Waals surface area contributed by atoms with Gasteiger partial charge in [0.2, 0.25) is 0 Å². The van der Waals surface area contributed by atoms with Gasteiger partial charge in [0.25, 0.3) is 0 Å². The summed E-state index contributed by atoms with van der Waals surface area (Å²) in [6.07, 6.45) is 4.44. The molecule has 0 radical (unpaired) electrons. The maximum Gasteiger partial charge on any atom is 0.101 e. The van der Waals surface area contributed by atoms with Crippen LogP contribution in [-0.4, -0.2) is 21.6 Å². The molecule has 0 aromatic carbocycles. The SMILES string of the molecule is Cc1cncc(C2(O)CCSC2)c1. The van der Waals surface area contributed by atoms with E-state index in [2.05, 4.69) is 4.98 Å². The Morgan fingerprint density at radius 1 is 1.54 bits per heavy atom. The number of aromatic nitrogens is 1. The molecule has 3 heteroatoms. The normalized spacial score (nSPS) is 27.8. The lowest BCUT2D eigenvalue weighted by atomic mass is 9.94. The maximum atomic E-state index is 10.2. The molecular formula is C10H13NOS. The smallest absolute Gasteiger partial charge is 0.101 e. The van der Waals surface area contributed by atoms with E-state index in [0.717, 1.165) is 29.1 Å². The monoisotopic (exact) mass is 195 g/mol. The molecule has 0 aliphatic carbocycles. The van der Waals surface area contributed by atoms with Crippen LogP contribution in [-0.2, 0) is 5.60 Å². The molecule has 1 aliphatic rings. The second-order valence-electron chi connectivity index (χ2n) is 3.59. The van der Waals surface area contributed by atoms with Crippen molar-refractivity contribution in [1.29, 1.82) is 0 Å². The Hall–Kier alpha value is -0.540. The highest BCUT2D eigenvalue weighted by Crippen LogP contribution is 2.36. The average molecular weight is 195 g/mol. The number of pyridine rings is 1. The van der Waals surface area contributed by atoms with Gasteiger partial charge >= 0.3 is 0 Å². The van der Waals surface area contributed by atoms with Crippen molar-refractivity contribution >= 4 is 11.8 Å². The average Bonchev–Trinajstić information content (AvgIpc) is 2.54. The van der Waals surface area contributed by atoms with Gasteiger partial charge in [0.1, 0.15) is 5.60 Å². The molecule has 0 amide bonds. The highest BCUT2D eigenvalue weighted by atomic mass is 32.2. The van der Waals surface area contributed by atoms with Crippen LogP contribution in [0.3, 0.4) is 0 Å². The maximum absolute atomic E-state index is 10.2. The molecule has 2 nitrogen and oxygen atoms in total. The summed E-state index contributed by atoms with van der Waals surface area (Å²) < 4.78 is 0. The highest BCUT2D eigenvalue weighted by molar-refractivity contribution is 7.99. The van der Waals surface area contributed by atoms with E-state index in [9.17, 15) is 5.11 Å².